The molecular weight excluding hydrogens is 182 g/mol. The second-order valence-corrected chi connectivity index (χ2v) is 2.81. The van der Waals surface area contributed by atoms with Gasteiger partial charge in [-0.15, -0.1) is 0 Å². The third-order valence-corrected chi connectivity index (χ3v) is 1.77. The Balaban J connectivity index is 3.01. The largest absolute Gasteiger partial charge is 0.508 e. The van der Waals surface area contributed by atoms with Crippen LogP contribution in [0.3, 0.4) is 0 Å². The Bertz CT molecular complexity index is 335. The van der Waals surface area contributed by atoms with Gasteiger partial charge >= 0.3 is 0 Å². The zero-order chi connectivity index (χ0) is 10.6. The zero-order valence-electron chi connectivity index (χ0n) is 7.59. The molecule has 5 nitrogen and oxygen atoms in total. The van der Waals surface area contributed by atoms with E-state index < -0.39 is 6.04 Å². The van der Waals surface area contributed by atoms with Crippen molar-refractivity contribution in [1.29, 1.82) is 0 Å². The van der Waals surface area contributed by atoms with E-state index >= 15 is 0 Å². The molecule has 0 heterocycles. The van der Waals surface area contributed by atoms with E-state index in [1.165, 1.54) is 6.07 Å². The molecule has 0 saturated heterocycles. The van der Waals surface area contributed by atoms with Gasteiger partial charge in [0.25, 0.3) is 0 Å². The lowest BCUT2D eigenvalue weighted by Crippen LogP contribution is -2.24. The van der Waals surface area contributed by atoms with E-state index in [-0.39, 0.29) is 18.3 Å². The fourth-order valence-electron chi connectivity index (χ4n) is 1.16. The minimum absolute atomic E-state index is 0.0663. The maximum absolute atomic E-state index is 9.46. The van der Waals surface area contributed by atoms with Gasteiger partial charge in [0, 0.05) is 5.56 Å². The minimum atomic E-state index is -0.610. The van der Waals surface area contributed by atoms with Crippen molar-refractivity contribution in [3.05, 3.63) is 29.8 Å². The molecule has 14 heavy (non-hydrogen) atoms. The topological polar surface area (TPSA) is 105 Å². The van der Waals surface area contributed by atoms with Crippen molar-refractivity contribution in [2.24, 2.45) is 16.5 Å². The van der Waals surface area contributed by atoms with Gasteiger partial charge in [-0.3, -0.25) is 0 Å². The summed E-state index contributed by atoms with van der Waals surface area (Å²) in [6.45, 7) is -0.254. The van der Waals surface area contributed by atoms with Gasteiger partial charge in [0.1, 0.15) is 11.8 Å². The molecule has 0 radical (unpaired) electrons. The predicted octanol–water partition coefficient (Wildman–Crippen LogP) is -0.301. The second-order valence-electron chi connectivity index (χ2n) is 2.81. The van der Waals surface area contributed by atoms with Crippen molar-refractivity contribution < 1.29 is 10.2 Å². The summed E-state index contributed by atoms with van der Waals surface area (Å²) in [5.74, 6) is -0.0520. The summed E-state index contributed by atoms with van der Waals surface area (Å²) < 4.78 is 0. The smallest absolute Gasteiger partial charge is 0.186 e. The molecule has 0 saturated carbocycles. The molecule has 76 valence electrons. The number of aliphatic imine (C=N–C) groups is 1. The number of benzene rings is 1. The highest BCUT2D eigenvalue weighted by atomic mass is 16.3. The van der Waals surface area contributed by atoms with Gasteiger partial charge in [-0.25, -0.2) is 4.99 Å². The first-order valence-electron chi connectivity index (χ1n) is 4.12. The molecule has 0 amide bonds. The summed E-state index contributed by atoms with van der Waals surface area (Å²) in [6, 6.07) is 5.98. The second kappa shape index (κ2) is 4.48. The van der Waals surface area contributed by atoms with Crippen molar-refractivity contribution in [2.75, 3.05) is 6.61 Å². The van der Waals surface area contributed by atoms with Crippen LogP contribution in [0.1, 0.15) is 11.6 Å². The third kappa shape index (κ3) is 2.37. The number of aliphatic hydroxyl groups excluding tert-OH is 1. The SMILES string of the molecule is NC(N)=N[C@H](CO)c1ccccc1O. The van der Waals surface area contributed by atoms with Gasteiger partial charge in [0.2, 0.25) is 0 Å². The summed E-state index contributed by atoms with van der Waals surface area (Å²) >= 11 is 0. The van der Waals surface area contributed by atoms with E-state index in [2.05, 4.69) is 4.99 Å². The molecule has 0 unspecified atom stereocenters. The van der Waals surface area contributed by atoms with Gasteiger partial charge in [-0.05, 0) is 6.07 Å². The Labute approximate surface area is 81.7 Å². The fourth-order valence-corrected chi connectivity index (χ4v) is 1.16. The van der Waals surface area contributed by atoms with Crippen LogP contribution in [0.5, 0.6) is 5.75 Å². The number of guanidine groups is 1. The van der Waals surface area contributed by atoms with Gasteiger partial charge in [0.15, 0.2) is 5.96 Å². The number of hydrogen-bond donors (Lipinski definition) is 4. The van der Waals surface area contributed by atoms with Crippen LogP contribution >= 0.6 is 0 Å². The normalized spacial score (nSPS) is 12.1. The van der Waals surface area contributed by atoms with Gasteiger partial charge < -0.3 is 21.7 Å². The monoisotopic (exact) mass is 195 g/mol. The lowest BCUT2D eigenvalue weighted by atomic mass is 10.1. The molecule has 0 bridgehead atoms. The summed E-state index contributed by atoms with van der Waals surface area (Å²) in [5, 5.41) is 18.5. The van der Waals surface area contributed by atoms with E-state index in [0.717, 1.165) is 0 Å². The molecule has 1 aromatic rings. The first-order chi connectivity index (χ1) is 6.65. The van der Waals surface area contributed by atoms with Crippen LogP contribution in [-0.4, -0.2) is 22.8 Å². The Hall–Kier alpha value is -1.75. The van der Waals surface area contributed by atoms with Gasteiger partial charge in [0.05, 0.1) is 6.61 Å². The molecule has 6 N–H and O–H groups in total. The van der Waals surface area contributed by atoms with Crippen molar-refractivity contribution in [3.8, 4) is 5.75 Å². The molecular formula is C9H13N3O2. The molecule has 0 aliphatic heterocycles. The maximum Gasteiger partial charge on any atom is 0.186 e. The van der Waals surface area contributed by atoms with Crippen LogP contribution in [0.4, 0.5) is 0 Å². The Morgan fingerprint density at radius 3 is 2.50 bits per heavy atom. The molecule has 1 rings (SSSR count). The minimum Gasteiger partial charge on any atom is -0.508 e. The van der Waals surface area contributed by atoms with Crippen LogP contribution in [-0.2, 0) is 0 Å². The Morgan fingerprint density at radius 1 is 1.36 bits per heavy atom. The summed E-state index contributed by atoms with van der Waals surface area (Å²) in [7, 11) is 0. The van der Waals surface area contributed by atoms with E-state index in [0.29, 0.717) is 5.56 Å². The first kappa shape index (κ1) is 10.3. The Kier molecular flexibility index (Phi) is 3.30. The van der Waals surface area contributed by atoms with Gasteiger partial charge in [-0.2, -0.15) is 0 Å². The average molecular weight is 195 g/mol. The molecule has 0 aliphatic carbocycles. The molecule has 1 aromatic carbocycles. The van der Waals surface area contributed by atoms with Crippen molar-refractivity contribution >= 4 is 5.96 Å². The van der Waals surface area contributed by atoms with Crippen LogP contribution in [0, 0.1) is 0 Å². The summed E-state index contributed by atoms with van der Waals surface area (Å²) in [4.78, 5) is 3.79. The van der Waals surface area contributed by atoms with Gasteiger partial charge in [-0.1, -0.05) is 18.2 Å². The molecule has 0 fully saturated rings. The standard InChI is InChI=1S/C9H13N3O2/c10-9(11)12-7(5-13)6-3-1-2-4-8(6)14/h1-4,7,13-14H,5H2,(H4,10,11,12)/t7-/m1/s1. The highest BCUT2D eigenvalue weighted by Gasteiger charge is 2.12. The number of rotatable bonds is 3. The quantitative estimate of drug-likeness (QED) is 0.392. The van der Waals surface area contributed by atoms with Crippen molar-refractivity contribution in [2.45, 2.75) is 6.04 Å². The molecule has 0 spiro atoms. The lowest BCUT2D eigenvalue weighted by molar-refractivity contribution is 0.266. The van der Waals surface area contributed by atoms with E-state index in [1.54, 1.807) is 18.2 Å². The van der Waals surface area contributed by atoms with Crippen LogP contribution < -0.4 is 11.5 Å². The van der Waals surface area contributed by atoms with Crippen molar-refractivity contribution in [1.82, 2.24) is 0 Å². The van der Waals surface area contributed by atoms with Crippen molar-refractivity contribution in [3.63, 3.8) is 0 Å². The highest BCUT2D eigenvalue weighted by molar-refractivity contribution is 5.76. The lowest BCUT2D eigenvalue weighted by Gasteiger charge is -2.11. The predicted molar refractivity (Wildman–Crippen MR) is 53.7 cm³/mol. The number of para-hydroxylation sites is 1. The molecule has 5 heteroatoms. The fraction of sp³-hybridized carbons (Fsp3) is 0.222. The van der Waals surface area contributed by atoms with Crippen LogP contribution in [0.2, 0.25) is 0 Å². The third-order valence-electron chi connectivity index (χ3n) is 1.77. The number of hydrogen-bond acceptors (Lipinski definition) is 3. The van der Waals surface area contributed by atoms with Crippen LogP contribution in [0.15, 0.2) is 29.3 Å². The van der Waals surface area contributed by atoms with E-state index in [9.17, 15) is 5.11 Å². The van der Waals surface area contributed by atoms with E-state index in [1.807, 2.05) is 0 Å². The number of aromatic hydroxyl groups is 1. The molecule has 0 aliphatic rings. The number of nitrogens with zero attached hydrogens (tertiary/aromatic N) is 1. The average Bonchev–Trinajstić information content (AvgIpc) is 2.15. The zero-order valence-corrected chi connectivity index (χ0v) is 7.59. The highest BCUT2D eigenvalue weighted by Crippen LogP contribution is 2.25. The number of phenols is 1. The maximum atomic E-state index is 9.46. The van der Waals surface area contributed by atoms with Crippen LogP contribution in [0.25, 0.3) is 0 Å². The summed E-state index contributed by atoms with van der Waals surface area (Å²) in [5.41, 5.74) is 10.9. The summed E-state index contributed by atoms with van der Waals surface area (Å²) in [6.07, 6.45) is 0. The number of aliphatic hydroxyl groups is 1. The number of nitrogens with two attached hydrogens (primary N) is 2. The van der Waals surface area contributed by atoms with E-state index in [4.69, 9.17) is 16.6 Å². The molecule has 0 aromatic heterocycles. The first-order valence-corrected chi connectivity index (χ1v) is 4.12. The molecule has 1 atom stereocenters. The Morgan fingerprint density at radius 2 is 2.00 bits per heavy atom. The number of phenolic OH excluding ortho intramolecular Hbond substituents is 1.